The number of hydrogen-bond acceptors (Lipinski definition) is 2. The van der Waals surface area contributed by atoms with E-state index in [0.29, 0.717) is 0 Å². The first kappa shape index (κ1) is 28.9. The molecule has 0 atom stereocenters. The van der Waals surface area contributed by atoms with E-state index in [2.05, 4.69) is 94.4 Å². The molecule has 4 aromatic rings. The molecule has 0 fully saturated rings. The first-order valence-electron chi connectivity index (χ1n) is 13.5. The summed E-state index contributed by atoms with van der Waals surface area (Å²) >= 11 is 0. The van der Waals surface area contributed by atoms with E-state index in [1.165, 1.54) is 71.5 Å². The number of benzene rings is 3. The summed E-state index contributed by atoms with van der Waals surface area (Å²) in [6.45, 7) is 12.4. The summed E-state index contributed by atoms with van der Waals surface area (Å²) < 4.78 is 0. The van der Waals surface area contributed by atoms with Gasteiger partial charge in [0.05, 0.1) is 24.3 Å². The molecule has 4 heteroatoms. The summed E-state index contributed by atoms with van der Waals surface area (Å²) in [5.41, 5.74) is 11.7. The third-order valence-electron chi connectivity index (χ3n) is 8.16. The number of aliphatic hydroxyl groups excluding tert-OH is 1. The predicted octanol–water partition coefficient (Wildman–Crippen LogP) is 8.17. The second-order valence-electron chi connectivity index (χ2n) is 11.7. The third kappa shape index (κ3) is 5.25. The van der Waals surface area contributed by atoms with E-state index in [1.54, 1.807) is 0 Å². The molecule has 0 amide bonds. The van der Waals surface area contributed by atoms with Crippen LogP contribution in [0.2, 0.25) is 0 Å². The standard InChI is InChI=1S/C30H28N.C5H8O2.Ir/c1-29(2)22-12-5-6-13-23(22)30(3,4)25-17-20(15-16-24(25)29)27-18-21-11-7-9-19-10-8-14-26(31-27)28(19)21;1-4(6)3-5(2)7;/h5-6,8,10,12-14,16-18H,7,9,11H2,1-4H3;3,6H,1-2H3;/q-1;;/p+1/b;4-3-;. The van der Waals surface area contributed by atoms with Gasteiger partial charge in [0.25, 0.3) is 0 Å². The van der Waals surface area contributed by atoms with Crippen LogP contribution in [0.25, 0.3) is 22.2 Å². The van der Waals surface area contributed by atoms with Gasteiger partial charge >= 0.3 is 5.78 Å². The topological polar surface area (TPSA) is 54.5 Å². The molecule has 0 spiro atoms. The minimum atomic E-state index is -0.0520. The summed E-state index contributed by atoms with van der Waals surface area (Å²) in [6.07, 6.45) is 4.81. The normalized spacial score (nSPS) is 16.2. The molecule has 2 N–H and O–H groups in total. The van der Waals surface area contributed by atoms with Crippen molar-refractivity contribution in [1.82, 2.24) is 4.98 Å². The van der Waals surface area contributed by atoms with Gasteiger partial charge in [0, 0.05) is 25.5 Å². The SMILES string of the molecule is CC(=[OH+])/C=C(/C)O.CC1(C)c2c[c-]c(-c3cc4c5c(cccc5n3)CCC4)cc2C(C)(C)c2ccccc21.[Ir]. The number of aryl methyl sites for hydroxylation is 2. The molecule has 203 valence electrons. The quantitative estimate of drug-likeness (QED) is 0.0996. The van der Waals surface area contributed by atoms with Crippen LogP contribution in [0.4, 0.5) is 0 Å². The summed E-state index contributed by atoms with van der Waals surface area (Å²) in [5.74, 6) is 0.250. The van der Waals surface area contributed by atoms with Gasteiger partial charge in [-0.3, -0.25) is 9.78 Å². The average molecular weight is 696 g/mol. The number of fused-ring (bicyclic) bond motifs is 2. The van der Waals surface area contributed by atoms with Crippen molar-refractivity contribution in [3.8, 4) is 11.3 Å². The van der Waals surface area contributed by atoms with Crippen LogP contribution in [0, 0.1) is 6.07 Å². The summed E-state index contributed by atoms with van der Waals surface area (Å²) in [5, 5.41) is 9.78. The Morgan fingerprint density at radius 1 is 0.872 bits per heavy atom. The Labute approximate surface area is 245 Å². The number of nitrogens with zero attached hydrogens (tertiary/aromatic N) is 1. The Balaban J connectivity index is 0.000000394. The second kappa shape index (κ2) is 10.8. The maximum absolute atomic E-state index is 8.40. The average Bonchev–Trinajstić information content (AvgIpc) is 2.87. The smallest absolute Gasteiger partial charge is 0.316 e. The van der Waals surface area contributed by atoms with Gasteiger partial charge < -0.3 is 5.11 Å². The number of ketones is 1. The molecule has 3 nitrogen and oxygen atoms in total. The zero-order chi connectivity index (χ0) is 27.2. The summed E-state index contributed by atoms with van der Waals surface area (Å²) in [4.78, 5) is 13.5. The van der Waals surface area contributed by atoms with Gasteiger partial charge in [-0.15, -0.1) is 34.9 Å². The van der Waals surface area contributed by atoms with Crippen LogP contribution in [0.3, 0.4) is 0 Å². The van der Waals surface area contributed by atoms with Crippen molar-refractivity contribution in [2.45, 2.75) is 71.6 Å². The predicted molar refractivity (Wildman–Crippen MR) is 158 cm³/mol. The first-order valence-corrected chi connectivity index (χ1v) is 13.5. The fourth-order valence-corrected chi connectivity index (χ4v) is 6.30. The Kier molecular flexibility index (Phi) is 8.03. The van der Waals surface area contributed by atoms with Gasteiger partial charge in [0.2, 0.25) is 0 Å². The number of hydrogen-bond donors (Lipinski definition) is 1. The van der Waals surface area contributed by atoms with Gasteiger partial charge in [0.15, 0.2) is 0 Å². The third-order valence-corrected chi connectivity index (χ3v) is 8.16. The summed E-state index contributed by atoms with van der Waals surface area (Å²) in [6, 6.07) is 26.1. The molecule has 0 unspecified atom stereocenters. The number of aromatic nitrogens is 1. The fraction of sp³-hybridized carbons (Fsp3) is 0.314. The summed E-state index contributed by atoms with van der Waals surface area (Å²) in [7, 11) is 0. The number of allylic oxidation sites excluding steroid dienone is 2. The van der Waals surface area contributed by atoms with Crippen LogP contribution in [-0.4, -0.2) is 20.7 Å². The molecule has 0 saturated heterocycles. The van der Waals surface area contributed by atoms with E-state index < -0.39 is 0 Å². The Hall–Kier alpha value is -3.07. The molecule has 3 aromatic carbocycles. The number of rotatable bonds is 2. The van der Waals surface area contributed by atoms with Crippen LogP contribution in [0.1, 0.15) is 81.3 Å². The van der Waals surface area contributed by atoms with E-state index in [-0.39, 0.29) is 42.5 Å². The van der Waals surface area contributed by atoms with Crippen molar-refractivity contribution in [3.63, 3.8) is 0 Å². The zero-order valence-corrected chi connectivity index (χ0v) is 26.0. The van der Waals surface area contributed by atoms with Gasteiger partial charge in [-0.1, -0.05) is 70.2 Å². The molecule has 0 aliphatic heterocycles. The Morgan fingerprint density at radius 2 is 1.51 bits per heavy atom. The maximum atomic E-state index is 8.40. The van der Waals surface area contributed by atoms with Crippen LogP contribution in [0.5, 0.6) is 0 Å². The van der Waals surface area contributed by atoms with Gasteiger partial charge in [-0.2, -0.15) is 0 Å². The van der Waals surface area contributed by atoms with Crippen molar-refractivity contribution in [3.05, 3.63) is 112 Å². The molecule has 0 saturated carbocycles. The zero-order valence-electron chi connectivity index (χ0n) is 23.6. The van der Waals surface area contributed by atoms with Crippen molar-refractivity contribution in [2.75, 3.05) is 0 Å². The van der Waals surface area contributed by atoms with Gasteiger partial charge in [0.1, 0.15) is 0 Å². The van der Waals surface area contributed by atoms with Crippen LogP contribution >= 0.6 is 0 Å². The van der Waals surface area contributed by atoms with Crippen molar-refractivity contribution in [1.29, 1.82) is 0 Å². The number of pyridine rings is 1. The van der Waals surface area contributed by atoms with Crippen LogP contribution < -0.4 is 0 Å². The molecular formula is C35H37IrNO2. The van der Waals surface area contributed by atoms with Crippen molar-refractivity contribution < 1.29 is 30.0 Å². The van der Waals surface area contributed by atoms with E-state index in [4.69, 9.17) is 14.9 Å². The molecule has 2 aliphatic carbocycles. The Bertz CT molecular complexity index is 1590. The molecule has 6 rings (SSSR count). The Morgan fingerprint density at radius 3 is 2.13 bits per heavy atom. The maximum Gasteiger partial charge on any atom is 0.316 e. The largest absolute Gasteiger partial charge is 0.512 e. The number of aliphatic hydroxyl groups is 1. The molecule has 2 aliphatic rings. The van der Waals surface area contributed by atoms with Crippen molar-refractivity contribution in [2.24, 2.45) is 0 Å². The fourth-order valence-electron chi connectivity index (χ4n) is 6.30. The minimum Gasteiger partial charge on any atom is -0.512 e. The van der Waals surface area contributed by atoms with E-state index in [9.17, 15) is 0 Å². The first-order chi connectivity index (χ1) is 18.0. The number of carbonyl (C=O) groups excluding carboxylic acids is 1. The molecule has 1 heterocycles. The molecule has 1 radical (unpaired) electrons. The molecule has 1 aromatic heterocycles. The molecule has 39 heavy (non-hydrogen) atoms. The molecule has 0 bridgehead atoms. The second-order valence-corrected chi connectivity index (χ2v) is 11.7. The van der Waals surface area contributed by atoms with E-state index >= 15 is 0 Å². The van der Waals surface area contributed by atoms with E-state index in [0.717, 1.165) is 23.2 Å². The van der Waals surface area contributed by atoms with E-state index in [1.807, 2.05) is 0 Å². The minimum absolute atomic E-state index is 0. The van der Waals surface area contributed by atoms with Crippen LogP contribution in [-0.2, 0) is 43.8 Å². The van der Waals surface area contributed by atoms with Gasteiger partial charge in [-0.05, 0) is 71.0 Å². The van der Waals surface area contributed by atoms with Crippen LogP contribution in [0.15, 0.2) is 72.5 Å². The molecular weight excluding hydrogens is 659 g/mol. The van der Waals surface area contributed by atoms with Crippen molar-refractivity contribution >= 4 is 16.7 Å². The van der Waals surface area contributed by atoms with Gasteiger partial charge in [-0.25, -0.2) is 0 Å². The monoisotopic (exact) mass is 696 g/mol.